The molecule has 0 unspecified atom stereocenters. The highest BCUT2D eigenvalue weighted by atomic mass is 16.5. The summed E-state index contributed by atoms with van der Waals surface area (Å²) in [5.41, 5.74) is 6.50. The smallest absolute Gasteiger partial charge is 0.128 e. The zero-order chi connectivity index (χ0) is 21.1. The molecule has 0 spiro atoms. The minimum Gasteiger partial charge on any atom is -0.507 e. The van der Waals surface area contributed by atoms with Crippen molar-refractivity contribution in [1.82, 2.24) is 10.2 Å². The fourth-order valence-corrected chi connectivity index (χ4v) is 3.47. The van der Waals surface area contributed by atoms with Crippen LogP contribution in [0.5, 0.6) is 17.2 Å². The summed E-state index contributed by atoms with van der Waals surface area (Å²) in [5.74, 6) is 1.52. The normalized spacial score (nSPS) is 10.8. The number of phenolic OH excluding ortho intramolecular Hbond substituents is 1. The molecule has 2 N–H and O–H groups in total. The van der Waals surface area contributed by atoms with Crippen molar-refractivity contribution in [2.75, 3.05) is 7.11 Å². The molecule has 0 bridgehead atoms. The van der Waals surface area contributed by atoms with Crippen molar-refractivity contribution < 1.29 is 14.6 Å². The van der Waals surface area contributed by atoms with Crippen molar-refractivity contribution in [3.8, 4) is 39.6 Å². The van der Waals surface area contributed by atoms with E-state index in [1.807, 2.05) is 61.5 Å². The van der Waals surface area contributed by atoms with Crippen LogP contribution in [0.1, 0.15) is 16.8 Å². The summed E-state index contributed by atoms with van der Waals surface area (Å²) in [7, 11) is 1.64. The van der Waals surface area contributed by atoms with E-state index in [0.717, 1.165) is 28.1 Å². The van der Waals surface area contributed by atoms with Gasteiger partial charge < -0.3 is 14.6 Å². The number of nitrogens with zero attached hydrogens (tertiary/aromatic N) is 1. The first kappa shape index (κ1) is 19.6. The highest BCUT2D eigenvalue weighted by molar-refractivity contribution is 5.85. The van der Waals surface area contributed by atoms with Crippen molar-refractivity contribution in [3.05, 3.63) is 83.6 Å². The molecular formula is C25H24N2O3. The Labute approximate surface area is 175 Å². The lowest BCUT2D eigenvalue weighted by atomic mass is 9.98. The van der Waals surface area contributed by atoms with Gasteiger partial charge in [0.1, 0.15) is 29.5 Å². The van der Waals surface area contributed by atoms with Crippen LogP contribution in [0.2, 0.25) is 0 Å². The Kier molecular flexibility index (Phi) is 5.44. The number of hydrogen-bond acceptors (Lipinski definition) is 4. The van der Waals surface area contributed by atoms with Gasteiger partial charge in [0.05, 0.1) is 7.11 Å². The van der Waals surface area contributed by atoms with Crippen LogP contribution in [0.4, 0.5) is 0 Å². The summed E-state index contributed by atoms with van der Waals surface area (Å²) < 4.78 is 11.1. The van der Waals surface area contributed by atoms with Gasteiger partial charge in [-0.15, -0.1) is 0 Å². The van der Waals surface area contributed by atoms with Crippen molar-refractivity contribution in [3.63, 3.8) is 0 Å². The first-order chi connectivity index (χ1) is 14.6. The van der Waals surface area contributed by atoms with Gasteiger partial charge in [-0.3, -0.25) is 5.10 Å². The molecule has 0 atom stereocenters. The molecule has 1 heterocycles. The summed E-state index contributed by atoms with van der Waals surface area (Å²) in [6, 6.07) is 21.2. The first-order valence-corrected chi connectivity index (χ1v) is 9.77. The second kappa shape index (κ2) is 8.33. The minimum absolute atomic E-state index is 0.124. The number of nitrogens with one attached hydrogen (secondary N) is 1. The predicted molar refractivity (Wildman–Crippen MR) is 118 cm³/mol. The molecule has 4 aromatic rings. The van der Waals surface area contributed by atoms with E-state index in [-0.39, 0.29) is 5.75 Å². The SMILES string of the molecule is COc1ccc(-c2c(-c3ccc(OCc4ccccc4C)cc3O)n[nH]c2C)cc1. The molecular weight excluding hydrogens is 376 g/mol. The van der Waals surface area contributed by atoms with Gasteiger partial charge in [-0.05, 0) is 54.8 Å². The van der Waals surface area contributed by atoms with E-state index in [1.54, 1.807) is 13.2 Å². The average molecular weight is 400 g/mol. The van der Waals surface area contributed by atoms with Gasteiger partial charge >= 0.3 is 0 Å². The van der Waals surface area contributed by atoms with E-state index < -0.39 is 0 Å². The van der Waals surface area contributed by atoms with E-state index in [1.165, 1.54) is 5.56 Å². The third-order valence-electron chi connectivity index (χ3n) is 5.21. The highest BCUT2D eigenvalue weighted by Gasteiger charge is 2.18. The lowest BCUT2D eigenvalue weighted by Crippen LogP contribution is -1.97. The predicted octanol–water partition coefficient (Wildman–Crippen LogP) is 5.65. The molecule has 0 aliphatic carbocycles. The number of phenols is 1. The largest absolute Gasteiger partial charge is 0.507 e. The summed E-state index contributed by atoms with van der Waals surface area (Å²) >= 11 is 0. The Bertz CT molecular complexity index is 1160. The molecule has 4 rings (SSSR count). The van der Waals surface area contributed by atoms with Gasteiger partial charge in [-0.2, -0.15) is 5.10 Å². The maximum atomic E-state index is 10.7. The number of ether oxygens (including phenoxy) is 2. The van der Waals surface area contributed by atoms with E-state index in [0.29, 0.717) is 23.6 Å². The zero-order valence-electron chi connectivity index (χ0n) is 17.3. The first-order valence-electron chi connectivity index (χ1n) is 9.77. The third-order valence-corrected chi connectivity index (χ3v) is 5.21. The topological polar surface area (TPSA) is 67.4 Å². The quantitative estimate of drug-likeness (QED) is 0.439. The summed E-state index contributed by atoms with van der Waals surface area (Å²) in [6.07, 6.45) is 0. The van der Waals surface area contributed by atoms with Gasteiger partial charge in [-0.25, -0.2) is 0 Å². The fourth-order valence-electron chi connectivity index (χ4n) is 3.47. The standard InChI is InChI=1S/C25H24N2O3/c1-16-6-4-5-7-19(16)15-30-21-12-13-22(23(28)14-21)25-24(17(2)26-27-25)18-8-10-20(29-3)11-9-18/h4-14,28H,15H2,1-3H3,(H,26,27). The molecule has 0 fully saturated rings. The molecule has 5 heteroatoms. The molecule has 5 nitrogen and oxygen atoms in total. The molecule has 0 aliphatic heterocycles. The minimum atomic E-state index is 0.124. The Hall–Kier alpha value is -3.73. The molecule has 0 saturated heterocycles. The van der Waals surface area contributed by atoms with E-state index in [4.69, 9.17) is 9.47 Å². The van der Waals surface area contributed by atoms with E-state index in [2.05, 4.69) is 23.2 Å². The van der Waals surface area contributed by atoms with Crippen LogP contribution in [0.15, 0.2) is 66.7 Å². The Morgan fingerprint density at radius 2 is 1.67 bits per heavy atom. The van der Waals surface area contributed by atoms with Crippen LogP contribution in [-0.2, 0) is 6.61 Å². The summed E-state index contributed by atoms with van der Waals surface area (Å²) in [5, 5.41) is 18.2. The number of aromatic amines is 1. The highest BCUT2D eigenvalue weighted by Crippen LogP contribution is 2.39. The third kappa shape index (κ3) is 3.87. The van der Waals surface area contributed by atoms with Crippen molar-refractivity contribution in [2.45, 2.75) is 20.5 Å². The number of aromatic hydroxyl groups is 1. The van der Waals surface area contributed by atoms with Gasteiger partial charge in [-0.1, -0.05) is 36.4 Å². The average Bonchev–Trinajstić information content (AvgIpc) is 3.14. The van der Waals surface area contributed by atoms with Crippen LogP contribution in [0.25, 0.3) is 22.4 Å². The molecule has 0 saturated carbocycles. The number of aryl methyl sites for hydroxylation is 2. The Morgan fingerprint density at radius 1 is 0.933 bits per heavy atom. The lowest BCUT2D eigenvalue weighted by Gasteiger charge is -2.11. The second-order valence-corrected chi connectivity index (χ2v) is 7.19. The maximum absolute atomic E-state index is 10.7. The summed E-state index contributed by atoms with van der Waals surface area (Å²) in [4.78, 5) is 0. The Balaban J connectivity index is 1.61. The second-order valence-electron chi connectivity index (χ2n) is 7.19. The van der Waals surface area contributed by atoms with Crippen LogP contribution < -0.4 is 9.47 Å². The van der Waals surface area contributed by atoms with Crippen molar-refractivity contribution in [1.29, 1.82) is 0 Å². The maximum Gasteiger partial charge on any atom is 0.128 e. The number of rotatable bonds is 6. The van der Waals surface area contributed by atoms with E-state index >= 15 is 0 Å². The monoisotopic (exact) mass is 400 g/mol. The van der Waals surface area contributed by atoms with Gasteiger partial charge in [0.15, 0.2) is 0 Å². The van der Waals surface area contributed by atoms with Crippen LogP contribution >= 0.6 is 0 Å². The van der Waals surface area contributed by atoms with Gasteiger partial charge in [0.2, 0.25) is 0 Å². The molecule has 1 aromatic heterocycles. The zero-order valence-corrected chi connectivity index (χ0v) is 17.3. The molecule has 0 aliphatic rings. The molecule has 0 amide bonds. The lowest BCUT2D eigenvalue weighted by molar-refractivity contribution is 0.303. The molecule has 30 heavy (non-hydrogen) atoms. The van der Waals surface area contributed by atoms with E-state index in [9.17, 15) is 5.11 Å². The van der Waals surface area contributed by atoms with Crippen LogP contribution in [0, 0.1) is 13.8 Å². The number of H-pyrrole nitrogens is 1. The van der Waals surface area contributed by atoms with Gasteiger partial charge in [0.25, 0.3) is 0 Å². The molecule has 0 radical (unpaired) electrons. The number of hydrogen-bond donors (Lipinski definition) is 2. The molecule has 3 aromatic carbocycles. The van der Waals surface area contributed by atoms with Crippen LogP contribution in [-0.4, -0.2) is 22.4 Å². The van der Waals surface area contributed by atoms with Crippen molar-refractivity contribution in [2.24, 2.45) is 0 Å². The van der Waals surface area contributed by atoms with Crippen molar-refractivity contribution >= 4 is 0 Å². The van der Waals surface area contributed by atoms with Crippen LogP contribution in [0.3, 0.4) is 0 Å². The Morgan fingerprint density at radius 3 is 2.37 bits per heavy atom. The number of methoxy groups -OCH3 is 1. The van der Waals surface area contributed by atoms with Gasteiger partial charge in [0, 0.05) is 22.9 Å². The fraction of sp³-hybridized carbons (Fsp3) is 0.160. The molecule has 152 valence electrons. The summed E-state index contributed by atoms with van der Waals surface area (Å²) in [6.45, 7) is 4.47. The number of aromatic nitrogens is 2. The number of benzene rings is 3.